The summed E-state index contributed by atoms with van der Waals surface area (Å²) in [6.45, 7) is 1.69. The Balaban J connectivity index is 2.00. The van der Waals surface area contributed by atoms with Gasteiger partial charge in [0.05, 0.1) is 32.5 Å². The van der Waals surface area contributed by atoms with Crippen molar-refractivity contribution in [1.29, 1.82) is 0 Å². The SMILES string of the molecule is COc1ccc(OC)c(NC(=O)Cn2c(=O)cc(C)c3cccc(OC)c32)c1. The molecule has 3 aromatic rings. The van der Waals surface area contributed by atoms with Gasteiger partial charge in [-0.1, -0.05) is 12.1 Å². The monoisotopic (exact) mass is 382 g/mol. The van der Waals surface area contributed by atoms with E-state index in [2.05, 4.69) is 5.32 Å². The van der Waals surface area contributed by atoms with Crippen molar-refractivity contribution >= 4 is 22.5 Å². The number of para-hydroxylation sites is 1. The third kappa shape index (κ3) is 3.64. The fraction of sp³-hybridized carbons (Fsp3) is 0.238. The van der Waals surface area contributed by atoms with Crippen LogP contribution in [0.25, 0.3) is 10.9 Å². The molecule has 2 aromatic carbocycles. The van der Waals surface area contributed by atoms with Crippen molar-refractivity contribution in [3.8, 4) is 17.2 Å². The molecule has 1 aromatic heterocycles. The molecule has 0 saturated heterocycles. The van der Waals surface area contributed by atoms with E-state index in [-0.39, 0.29) is 18.0 Å². The van der Waals surface area contributed by atoms with E-state index >= 15 is 0 Å². The van der Waals surface area contributed by atoms with Crippen LogP contribution in [-0.4, -0.2) is 31.8 Å². The molecule has 0 radical (unpaired) electrons. The van der Waals surface area contributed by atoms with Crippen LogP contribution in [0.1, 0.15) is 5.56 Å². The molecule has 0 aliphatic rings. The van der Waals surface area contributed by atoms with Crippen LogP contribution in [0.15, 0.2) is 47.3 Å². The topological polar surface area (TPSA) is 78.8 Å². The van der Waals surface area contributed by atoms with Gasteiger partial charge in [-0.05, 0) is 30.7 Å². The van der Waals surface area contributed by atoms with Crippen LogP contribution in [0.3, 0.4) is 0 Å². The minimum atomic E-state index is -0.371. The molecular formula is C21H22N2O5. The number of ether oxygens (including phenoxy) is 3. The fourth-order valence-electron chi connectivity index (χ4n) is 3.14. The maximum absolute atomic E-state index is 12.7. The van der Waals surface area contributed by atoms with Crippen LogP contribution in [0.2, 0.25) is 0 Å². The predicted molar refractivity (Wildman–Crippen MR) is 108 cm³/mol. The Morgan fingerprint density at radius 2 is 1.75 bits per heavy atom. The summed E-state index contributed by atoms with van der Waals surface area (Å²) in [6, 6.07) is 12.1. The third-order valence-corrected chi connectivity index (χ3v) is 4.50. The van der Waals surface area contributed by atoms with Gasteiger partial charge in [0.15, 0.2) is 0 Å². The number of carbonyl (C=O) groups is 1. The van der Waals surface area contributed by atoms with Crippen molar-refractivity contribution in [3.63, 3.8) is 0 Å². The van der Waals surface area contributed by atoms with Crippen LogP contribution in [0.4, 0.5) is 5.69 Å². The molecule has 0 saturated carbocycles. The summed E-state index contributed by atoms with van der Waals surface area (Å²) in [5.74, 6) is 1.23. The standard InChI is InChI=1S/C21H22N2O5/c1-13-10-20(25)23(21-15(13)6-5-7-18(21)28-4)12-19(24)22-16-11-14(26-2)8-9-17(16)27-3/h5-11H,12H2,1-4H3,(H,22,24). The van der Waals surface area contributed by atoms with Crippen LogP contribution >= 0.6 is 0 Å². The van der Waals surface area contributed by atoms with Crippen molar-refractivity contribution in [2.75, 3.05) is 26.6 Å². The summed E-state index contributed by atoms with van der Waals surface area (Å²) in [5.41, 5.74) is 1.60. The minimum absolute atomic E-state index is 0.170. The van der Waals surface area contributed by atoms with E-state index in [1.54, 1.807) is 24.3 Å². The van der Waals surface area contributed by atoms with E-state index in [9.17, 15) is 9.59 Å². The van der Waals surface area contributed by atoms with E-state index in [0.29, 0.717) is 28.5 Å². The molecule has 7 nitrogen and oxygen atoms in total. The smallest absolute Gasteiger partial charge is 0.251 e. The Bertz CT molecular complexity index is 1090. The number of carbonyl (C=O) groups excluding carboxylic acids is 1. The van der Waals surface area contributed by atoms with E-state index in [1.807, 2.05) is 19.1 Å². The number of aryl methyl sites for hydroxylation is 1. The molecular weight excluding hydrogens is 360 g/mol. The summed E-state index contributed by atoms with van der Waals surface area (Å²) < 4.78 is 17.3. The largest absolute Gasteiger partial charge is 0.497 e. The normalized spacial score (nSPS) is 10.6. The summed E-state index contributed by atoms with van der Waals surface area (Å²) in [6.07, 6.45) is 0. The Morgan fingerprint density at radius 1 is 1.00 bits per heavy atom. The third-order valence-electron chi connectivity index (χ3n) is 4.50. The molecule has 28 heavy (non-hydrogen) atoms. The van der Waals surface area contributed by atoms with Crippen molar-refractivity contribution in [2.24, 2.45) is 0 Å². The summed E-state index contributed by atoms with van der Waals surface area (Å²) >= 11 is 0. The summed E-state index contributed by atoms with van der Waals surface area (Å²) in [4.78, 5) is 25.3. The number of benzene rings is 2. The second-order valence-corrected chi connectivity index (χ2v) is 6.22. The number of nitrogens with one attached hydrogen (secondary N) is 1. The first-order valence-corrected chi connectivity index (χ1v) is 8.67. The van der Waals surface area contributed by atoms with Crippen molar-refractivity contribution < 1.29 is 19.0 Å². The number of aromatic nitrogens is 1. The molecule has 0 unspecified atom stereocenters. The lowest BCUT2D eigenvalue weighted by molar-refractivity contribution is -0.116. The quantitative estimate of drug-likeness (QED) is 0.709. The van der Waals surface area contributed by atoms with Gasteiger partial charge in [0, 0.05) is 17.5 Å². The van der Waals surface area contributed by atoms with Crippen LogP contribution in [0, 0.1) is 6.92 Å². The van der Waals surface area contributed by atoms with Gasteiger partial charge in [-0.25, -0.2) is 0 Å². The first-order chi connectivity index (χ1) is 13.5. The molecule has 7 heteroatoms. The zero-order valence-corrected chi connectivity index (χ0v) is 16.2. The van der Waals surface area contributed by atoms with Gasteiger partial charge < -0.3 is 19.5 Å². The number of amides is 1. The predicted octanol–water partition coefficient (Wildman–Crippen LogP) is 2.97. The number of pyridine rings is 1. The van der Waals surface area contributed by atoms with Gasteiger partial charge in [-0.2, -0.15) is 0 Å². The van der Waals surface area contributed by atoms with Gasteiger partial charge in [0.1, 0.15) is 23.8 Å². The van der Waals surface area contributed by atoms with Crippen LogP contribution < -0.4 is 25.1 Å². The number of methoxy groups -OCH3 is 3. The second-order valence-electron chi connectivity index (χ2n) is 6.22. The molecule has 0 bridgehead atoms. The van der Waals surface area contributed by atoms with Gasteiger partial charge in [-0.15, -0.1) is 0 Å². The van der Waals surface area contributed by atoms with E-state index in [0.717, 1.165) is 10.9 Å². The van der Waals surface area contributed by atoms with E-state index < -0.39 is 0 Å². The lowest BCUT2D eigenvalue weighted by atomic mass is 10.1. The Hall–Kier alpha value is -3.48. The molecule has 0 aliphatic heterocycles. The number of nitrogens with zero attached hydrogens (tertiary/aromatic N) is 1. The minimum Gasteiger partial charge on any atom is -0.497 e. The highest BCUT2D eigenvalue weighted by molar-refractivity contribution is 5.94. The lowest BCUT2D eigenvalue weighted by Crippen LogP contribution is -2.28. The maximum atomic E-state index is 12.7. The van der Waals surface area contributed by atoms with Crippen molar-refractivity contribution in [2.45, 2.75) is 13.5 Å². The molecule has 0 aliphatic carbocycles. The highest BCUT2D eigenvalue weighted by Crippen LogP contribution is 2.29. The van der Waals surface area contributed by atoms with Gasteiger partial charge >= 0.3 is 0 Å². The average Bonchev–Trinajstić information content (AvgIpc) is 2.70. The number of rotatable bonds is 6. The number of hydrogen-bond acceptors (Lipinski definition) is 5. The van der Waals surface area contributed by atoms with Gasteiger partial charge in [-0.3, -0.25) is 14.2 Å². The molecule has 0 atom stereocenters. The second kappa shape index (κ2) is 8.04. The molecule has 1 N–H and O–H groups in total. The summed E-state index contributed by atoms with van der Waals surface area (Å²) in [5, 5.41) is 3.64. The Morgan fingerprint density at radius 3 is 2.43 bits per heavy atom. The lowest BCUT2D eigenvalue weighted by Gasteiger charge is -2.16. The van der Waals surface area contributed by atoms with E-state index in [1.165, 1.54) is 32.0 Å². The molecule has 1 heterocycles. The molecule has 0 spiro atoms. The van der Waals surface area contributed by atoms with E-state index in [4.69, 9.17) is 14.2 Å². The van der Waals surface area contributed by atoms with Crippen molar-refractivity contribution in [3.05, 3.63) is 58.4 Å². The number of fused-ring (bicyclic) bond motifs is 1. The average molecular weight is 382 g/mol. The number of anilines is 1. The highest BCUT2D eigenvalue weighted by Gasteiger charge is 2.15. The first-order valence-electron chi connectivity index (χ1n) is 8.67. The Labute approximate surface area is 162 Å². The van der Waals surface area contributed by atoms with Gasteiger partial charge in [0.25, 0.3) is 5.56 Å². The molecule has 0 fully saturated rings. The zero-order valence-electron chi connectivity index (χ0n) is 16.2. The summed E-state index contributed by atoms with van der Waals surface area (Å²) in [7, 11) is 4.59. The zero-order chi connectivity index (χ0) is 20.3. The Kier molecular flexibility index (Phi) is 5.54. The van der Waals surface area contributed by atoms with Crippen LogP contribution in [-0.2, 0) is 11.3 Å². The number of hydrogen-bond donors (Lipinski definition) is 1. The molecule has 1 amide bonds. The fourth-order valence-corrected chi connectivity index (χ4v) is 3.14. The molecule has 146 valence electrons. The first kappa shape index (κ1) is 19.3. The van der Waals surface area contributed by atoms with Gasteiger partial charge in [0.2, 0.25) is 5.91 Å². The maximum Gasteiger partial charge on any atom is 0.251 e. The van der Waals surface area contributed by atoms with Crippen molar-refractivity contribution in [1.82, 2.24) is 4.57 Å². The van der Waals surface area contributed by atoms with Crippen LogP contribution in [0.5, 0.6) is 17.2 Å². The molecule has 3 rings (SSSR count). The highest BCUT2D eigenvalue weighted by atomic mass is 16.5.